The summed E-state index contributed by atoms with van der Waals surface area (Å²) >= 11 is 0. The van der Waals surface area contributed by atoms with Gasteiger partial charge >= 0.3 is 0 Å². The first-order valence-corrected chi connectivity index (χ1v) is 6.67. The first kappa shape index (κ1) is 14.3. The highest BCUT2D eigenvalue weighted by Gasteiger charge is 2.05. The Hall–Kier alpha value is -2.07. The van der Waals surface area contributed by atoms with E-state index >= 15 is 0 Å². The third-order valence-corrected chi connectivity index (χ3v) is 2.98. The van der Waals surface area contributed by atoms with Crippen LogP contribution in [0.1, 0.15) is 11.3 Å². The highest BCUT2D eigenvalue weighted by molar-refractivity contribution is 5.40. The van der Waals surface area contributed by atoms with E-state index in [0.717, 1.165) is 35.7 Å². The van der Waals surface area contributed by atoms with Gasteiger partial charge in [0.15, 0.2) is 0 Å². The van der Waals surface area contributed by atoms with Gasteiger partial charge in [0.2, 0.25) is 0 Å². The van der Waals surface area contributed by atoms with E-state index in [9.17, 15) is 0 Å². The van der Waals surface area contributed by atoms with Crippen LogP contribution in [-0.4, -0.2) is 25.7 Å². The van der Waals surface area contributed by atoms with Crippen molar-refractivity contribution in [1.29, 1.82) is 0 Å². The molecule has 0 atom stereocenters. The zero-order chi connectivity index (χ0) is 14.2. The van der Waals surface area contributed by atoms with Crippen LogP contribution < -0.4 is 14.8 Å². The second-order valence-corrected chi connectivity index (χ2v) is 4.42. The zero-order valence-electron chi connectivity index (χ0n) is 11.9. The molecule has 0 spiro atoms. The number of aromatic nitrogens is 1. The third-order valence-electron chi connectivity index (χ3n) is 2.98. The van der Waals surface area contributed by atoms with Crippen molar-refractivity contribution in [3.05, 3.63) is 53.9 Å². The lowest BCUT2D eigenvalue weighted by Crippen LogP contribution is -2.09. The van der Waals surface area contributed by atoms with Crippen molar-refractivity contribution in [3.63, 3.8) is 0 Å². The SMILES string of the molecule is CNCc1ccc(OC)cc1OCCc1ccccn1. The van der Waals surface area contributed by atoms with Crippen LogP contribution in [0.25, 0.3) is 0 Å². The Bertz CT molecular complexity index is 529. The molecule has 0 saturated carbocycles. The molecule has 0 radical (unpaired) electrons. The third kappa shape index (κ3) is 3.96. The van der Waals surface area contributed by atoms with E-state index in [-0.39, 0.29) is 0 Å². The van der Waals surface area contributed by atoms with Gasteiger partial charge in [0, 0.05) is 36.5 Å². The van der Waals surface area contributed by atoms with Gasteiger partial charge in [-0.05, 0) is 25.2 Å². The molecular weight excluding hydrogens is 252 g/mol. The Morgan fingerprint density at radius 3 is 2.80 bits per heavy atom. The largest absolute Gasteiger partial charge is 0.497 e. The van der Waals surface area contributed by atoms with Crippen LogP contribution in [0, 0.1) is 0 Å². The van der Waals surface area contributed by atoms with Crippen molar-refractivity contribution in [2.75, 3.05) is 20.8 Å². The maximum atomic E-state index is 5.88. The fourth-order valence-electron chi connectivity index (χ4n) is 1.94. The molecule has 0 fully saturated rings. The van der Waals surface area contributed by atoms with Gasteiger partial charge < -0.3 is 14.8 Å². The standard InChI is InChI=1S/C16H20N2O2/c1-17-12-13-6-7-15(19-2)11-16(13)20-10-8-14-5-3-4-9-18-14/h3-7,9,11,17H,8,10,12H2,1-2H3. The molecule has 1 aromatic heterocycles. The second kappa shape index (κ2) is 7.50. The van der Waals surface area contributed by atoms with Crippen LogP contribution in [-0.2, 0) is 13.0 Å². The van der Waals surface area contributed by atoms with E-state index in [1.165, 1.54) is 0 Å². The van der Waals surface area contributed by atoms with Gasteiger partial charge in [-0.1, -0.05) is 12.1 Å². The number of benzene rings is 1. The summed E-state index contributed by atoms with van der Waals surface area (Å²) in [5.74, 6) is 1.66. The maximum Gasteiger partial charge on any atom is 0.127 e. The Balaban J connectivity index is 2.00. The molecule has 1 heterocycles. The van der Waals surface area contributed by atoms with Crippen molar-refractivity contribution in [2.24, 2.45) is 0 Å². The lowest BCUT2D eigenvalue weighted by molar-refractivity contribution is 0.313. The van der Waals surface area contributed by atoms with E-state index in [2.05, 4.69) is 10.3 Å². The first-order chi connectivity index (χ1) is 9.83. The number of hydrogen-bond donors (Lipinski definition) is 1. The molecule has 1 aromatic carbocycles. The summed E-state index contributed by atoms with van der Waals surface area (Å²) in [5.41, 5.74) is 2.15. The van der Waals surface area contributed by atoms with E-state index < -0.39 is 0 Å². The van der Waals surface area contributed by atoms with Crippen LogP contribution >= 0.6 is 0 Å². The molecule has 0 aliphatic rings. The minimum Gasteiger partial charge on any atom is -0.497 e. The fraction of sp³-hybridized carbons (Fsp3) is 0.312. The summed E-state index contributed by atoms with van der Waals surface area (Å²) in [6, 6.07) is 11.8. The number of nitrogens with zero attached hydrogens (tertiary/aromatic N) is 1. The Morgan fingerprint density at radius 1 is 1.20 bits per heavy atom. The molecule has 20 heavy (non-hydrogen) atoms. The fourth-order valence-corrected chi connectivity index (χ4v) is 1.94. The topological polar surface area (TPSA) is 43.4 Å². The van der Waals surface area contributed by atoms with Crippen molar-refractivity contribution in [3.8, 4) is 11.5 Å². The molecule has 2 rings (SSSR count). The average Bonchev–Trinajstić information content (AvgIpc) is 2.50. The monoisotopic (exact) mass is 272 g/mol. The van der Waals surface area contributed by atoms with Crippen molar-refractivity contribution >= 4 is 0 Å². The van der Waals surface area contributed by atoms with Crippen molar-refractivity contribution in [1.82, 2.24) is 10.3 Å². The van der Waals surface area contributed by atoms with Crippen LogP contribution in [0.5, 0.6) is 11.5 Å². The predicted octanol–water partition coefficient (Wildman–Crippen LogP) is 2.43. The van der Waals surface area contributed by atoms with Gasteiger partial charge in [-0.25, -0.2) is 0 Å². The molecule has 0 aliphatic heterocycles. The van der Waals surface area contributed by atoms with Gasteiger partial charge in [-0.15, -0.1) is 0 Å². The molecule has 2 aromatic rings. The summed E-state index contributed by atoms with van der Waals surface area (Å²) in [5, 5.41) is 3.14. The lowest BCUT2D eigenvalue weighted by Gasteiger charge is -2.12. The van der Waals surface area contributed by atoms with E-state index in [0.29, 0.717) is 6.61 Å². The normalized spacial score (nSPS) is 10.3. The van der Waals surface area contributed by atoms with E-state index in [1.807, 2.05) is 43.4 Å². The van der Waals surface area contributed by atoms with E-state index in [1.54, 1.807) is 13.3 Å². The molecule has 106 valence electrons. The van der Waals surface area contributed by atoms with Gasteiger partial charge in [-0.3, -0.25) is 4.98 Å². The quantitative estimate of drug-likeness (QED) is 0.840. The predicted molar refractivity (Wildman–Crippen MR) is 79.2 cm³/mol. The Morgan fingerprint density at radius 2 is 2.10 bits per heavy atom. The summed E-state index contributed by atoms with van der Waals surface area (Å²) in [6.07, 6.45) is 2.59. The first-order valence-electron chi connectivity index (χ1n) is 6.67. The lowest BCUT2D eigenvalue weighted by atomic mass is 10.2. The molecule has 0 saturated heterocycles. The molecule has 4 heteroatoms. The Kier molecular flexibility index (Phi) is 5.38. The summed E-state index contributed by atoms with van der Waals surface area (Å²) in [6.45, 7) is 1.36. The molecule has 4 nitrogen and oxygen atoms in total. The molecular formula is C16H20N2O2. The number of pyridine rings is 1. The number of hydrogen-bond acceptors (Lipinski definition) is 4. The highest BCUT2D eigenvalue weighted by Crippen LogP contribution is 2.24. The summed E-state index contributed by atoms with van der Waals surface area (Å²) in [7, 11) is 3.58. The number of ether oxygens (including phenoxy) is 2. The van der Waals surface area contributed by atoms with Crippen LogP contribution in [0.15, 0.2) is 42.6 Å². The smallest absolute Gasteiger partial charge is 0.127 e. The maximum absolute atomic E-state index is 5.88. The van der Waals surface area contributed by atoms with E-state index in [4.69, 9.17) is 9.47 Å². The molecule has 0 bridgehead atoms. The molecule has 0 amide bonds. The van der Waals surface area contributed by atoms with Crippen LogP contribution in [0.2, 0.25) is 0 Å². The van der Waals surface area contributed by atoms with Gasteiger partial charge in [0.1, 0.15) is 11.5 Å². The van der Waals surface area contributed by atoms with Gasteiger partial charge in [0.05, 0.1) is 13.7 Å². The van der Waals surface area contributed by atoms with Gasteiger partial charge in [-0.2, -0.15) is 0 Å². The highest BCUT2D eigenvalue weighted by atomic mass is 16.5. The van der Waals surface area contributed by atoms with Crippen molar-refractivity contribution in [2.45, 2.75) is 13.0 Å². The number of methoxy groups -OCH3 is 1. The van der Waals surface area contributed by atoms with Crippen LogP contribution in [0.3, 0.4) is 0 Å². The Labute approximate surface area is 119 Å². The number of nitrogens with one attached hydrogen (secondary N) is 1. The van der Waals surface area contributed by atoms with Crippen LogP contribution in [0.4, 0.5) is 0 Å². The molecule has 1 N–H and O–H groups in total. The molecule has 0 unspecified atom stereocenters. The van der Waals surface area contributed by atoms with Crippen molar-refractivity contribution < 1.29 is 9.47 Å². The second-order valence-electron chi connectivity index (χ2n) is 4.42. The average molecular weight is 272 g/mol. The summed E-state index contributed by atoms with van der Waals surface area (Å²) in [4.78, 5) is 4.29. The number of rotatable bonds is 7. The minimum absolute atomic E-state index is 0.598. The zero-order valence-corrected chi connectivity index (χ0v) is 11.9. The van der Waals surface area contributed by atoms with Gasteiger partial charge in [0.25, 0.3) is 0 Å². The minimum atomic E-state index is 0.598. The summed E-state index contributed by atoms with van der Waals surface area (Å²) < 4.78 is 11.1. The molecule has 0 aliphatic carbocycles.